The van der Waals surface area contributed by atoms with E-state index in [9.17, 15) is 10.1 Å². The Hall–Kier alpha value is -1.92. The molecule has 0 radical (unpaired) electrons. The second kappa shape index (κ2) is 4.99. The first kappa shape index (κ1) is 13.5. The molecule has 0 aliphatic carbocycles. The van der Waals surface area contributed by atoms with Crippen molar-refractivity contribution in [3.63, 3.8) is 0 Å². The second-order valence-electron chi connectivity index (χ2n) is 5.25. The molecule has 1 aliphatic heterocycles. The average Bonchev–Trinajstić information content (AvgIpc) is 2.38. The number of fused-ring (bicyclic) bond motifs is 1. The predicted octanol–water partition coefficient (Wildman–Crippen LogP) is 1.41. The molecule has 0 fully saturated rings. The Balaban J connectivity index is 2.37. The monoisotopic (exact) mass is 262 g/mol. The van der Waals surface area contributed by atoms with Crippen molar-refractivity contribution in [1.29, 1.82) is 0 Å². The molecule has 0 atom stereocenters. The van der Waals surface area contributed by atoms with Crippen LogP contribution in [0.25, 0.3) is 0 Å². The van der Waals surface area contributed by atoms with Crippen molar-refractivity contribution in [2.45, 2.75) is 25.8 Å². The largest absolute Gasteiger partial charge is 0.329 e. The smallest absolute Gasteiger partial charge is 0.268 e. The van der Waals surface area contributed by atoms with Gasteiger partial charge in [-0.15, -0.1) is 0 Å². The van der Waals surface area contributed by atoms with Crippen LogP contribution in [0.4, 0.5) is 5.69 Å². The number of nitro groups is 1. The number of para-hydroxylation sites is 1. The number of hydrogen-bond acceptors (Lipinski definition) is 5. The van der Waals surface area contributed by atoms with Gasteiger partial charge in [0.2, 0.25) is 0 Å². The molecule has 3 N–H and O–H groups in total. The fourth-order valence-corrected chi connectivity index (χ4v) is 1.93. The molecule has 1 heterocycles. The summed E-state index contributed by atoms with van der Waals surface area (Å²) in [5.41, 5.74) is 10.6. The summed E-state index contributed by atoms with van der Waals surface area (Å²) in [5.74, 6) is 0. The number of rotatable bonds is 4. The van der Waals surface area contributed by atoms with Gasteiger partial charge in [0.25, 0.3) is 5.70 Å². The first-order chi connectivity index (χ1) is 8.93. The maximum Gasteiger partial charge on any atom is 0.268 e. The molecular weight excluding hydrogens is 244 g/mol. The number of hydrazine groups is 1. The fraction of sp³-hybridized carbons (Fsp3) is 0.385. The van der Waals surface area contributed by atoms with Crippen molar-refractivity contribution in [3.05, 3.63) is 51.8 Å². The average molecular weight is 262 g/mol. The van der Waals surface area contributed by atoms with Crippen molar-refractivity contribution in [3.8, 4) is 0 Å². The fourth-order valence-electron chi connectivity index (χ4n) is 1.93. The van der Waals surface area contributed by atoms with Crippen molar-refractivity contribution in [1.82, 2.24) is 5.43 Å². The van der Waals surface area contributed by atoms with Crippen molar-refractivity contribution in [2.75, 3.05) is 11.6 Å². The molecule has 0 aromatic heterocycles. The van der Waals surface area contributed by atoms with Crippen molar-refractivity contribution in [2.24, 2.45) is 5.73 Å². The zero-order valence-corrected chi connectivity index (χ0v) is 11.1. The topological polar surface area (TPSA) is 84.4 Å². The van der Waals surface area contributed by atoms with Crippen LogP contribution in [0.1, 0.15) is 19.4 Å². The maximum absolute atomic E-state index is 11.0. The third-order valence-corrected chi connectivity index (χ3v) is 3.07. The predicted molar refractivity (Wildman–Crippen MR) is 74.0 cm³/mol. The van der Waals surface area contributed by atoms with Crippen LogP contribution < -0.4 is 16.2 Å². The van der Waals surface area contributed by atoms with E-state index in [4.69, 9.17) is 5.73 Å². The van der Waals surface area contributed by atoms with Crippen LogP contribution in [0.2, 0.25) is 0 Å². The highest BCUT2D eigenvalue weighted by Crippen LogP contribution is 2.28. The summed E-state index contributed by atoms with van der Waals surface area (Å²) in [6, 6.07) is 7.63. The van der Waals surface area contributed by atoms with Crippen LogP contribution in [0.3, 0.4) is 0 Å². The van der Waals surface area contributed by atoms with E-state index in [1.807, 2.05) is 38.1 Å². The van der Waals surface area contributed by atoms with Gasteiger partial charge < -0.3 is 5.73 Å². The summed E-state index contributed by atoms with van der Waals surface area (Å²) in [7, 11) is 0. The molecule has 19 heavy (non-hydrogen) atoms. The van der Waals surface area contributed by atoms with Crippen LogP contribution in [0.15, 0.2) is 36.2 Å². The Labute approximate surface area is 112 Å². The van der Waals surface area contributed by atoms with Gasteiger partial charge in [0, 0.05) is 12.1 Å². The number of hydrogen-bond donors (Lipinski definition) is 2. The van der Waals surface area contributed by atoms with Crippen LogP contribution in [-0.2, 0) is 6.42 Å². The zero-order chi connectivity index (χ0) is 14.0. The summed E-state index contributed by atoms with van der Waals surface area (Å²) < 4.78 is 0. The normalized spacial score (nSPS) is 14.9. The molecule has 1 aliphatic rings. The highest BCUT2D eigenvalue weighted by Gasteiger charge is 2.27. The zero-order valence-electron chi connectivity index (χ0n) is 11.1. The third kappa shape index (κ3) is 2.91. The van der Waals surface area contributed by atoms with Crippen molar-refractivity contribution >= 4 is 5.69 Å². The number of nitrogens with zero attached hydrogens (tertiary/aromatic N) is 2. The maximum atomic E-state index is 11.0. The summed E-state index contributed by atoms with van der Waals surface area (Å²) in [6.07, 6.45) is 1.87. The molecule has 6 heteroatoms. The van der Waals surface area contributed by atoms with E-state index < -0.39 is 0 Å². The SMILES string of the molecule is CC(C)(CN)NN1C=C([N+](=O)[O-])Cc2ccccc21. The molecule has 102 valence electrons. The highest BCUT2D eigenvalue weighted by atomic mass is 16.6. The standard InChI is InChI=1S/C13H18N4O2/c1-13(2,9-14)15-16-8-11(17(18)19)7-10-5-3-4-6-12(10)16/h3-6,8,15H,7,9,14H2,1-2H3. The van der Waals surface area contributed by atoms with Crippen LogP contribution in [0.5, 0.6) is 0 Å². The lowest BCUT2D eigenvalue weighted by atomic mass is 10.0. The minimum absolute atomic E-state index is 0.166. The van der Waals surface area contributed by atoms with Gasteiger partial charge in [-0.25, -0.2) is 5.43 Å². The molecule has 0 amide bonds. The molecule has 0 spiro atoms. The minimum Gasteiger partial charge on any atom is -0.329 e. The first-order valence-electron chi connectivity index (χ1n) is 6.13. The third-order valence-electron chi connectivity index (χ3n) is 3.07. The second-order valence-corrected chi connectivity index (χ2v) is 5.25. The van der Waals surface area contributed by atoms with Gasteiger partial charge in [0.05, 0.1) is 23.2 Å². The van der Waals surface area contributed by atoms with E-state index in [2.05, 4.69) is 5.43 Å². The Morgan fingerprint density at radius 3 is 2.79 bits per heavy atom. The Morgan fingerprint density at radius 1 is 1.47 bits per heavy atom. The lowest BCUT2D eigenvalue weighted by Crippen LogP contribution is -2.54. The van der Waals surface area contributed by atoms with E-state index in [-0.39, 0.29) is 16.2 Å². The summed E-state index contributed by atoms with van der Waals surface area (Å²) >= 11 is 0. The molecule has 2 rings (SSSR count). The van der Waals surface area contributed by atoms with Gasteiger partial charge in [0.1, 0.15) is 0 Å². The summed E-state index contributed by atoms with van der Waals surface area (Å²) in [4.78, 5) is 10.7. The molecule has 0 saturated heterocycles. The van der Waals surface area contributed by atoms with Gasteiger partial charge in [-0.2, -0.15) is 0 Å². The lowest BCUT2D eigenvalue weighted by Gasteiger charge is -2.35. The van der Waals surface area contributed by atoms with Crippen LogP contribution in [0, 0.1) is 10.1 Å². The summed E-state index contributed by atoms with van der Waals surface area (Å²) in [5, 5.41) is 12.7. The Kier molecular flexibility index (Phi) is 3.55. The van der Waals surface area contributed by atoms with E-state index in [1.165, 1.54) is 6.20 Å². The molecule has 0 bridgehead atoms. The molecule has 1 aromatic rings. The van der Waals surface area contributed by atoms with Crippen molar-refractivity contribution < 1.29 is 4.92 Å². The van der Waals surface area contributed by atoms with Gasteiger partial charge in [-0.1, -0.05) is 18.2 Å². The molecule has 0 unspecified atom stereocenters. The van der Waals surface area contributed by atoms with Gasteiger partial charge >= 0.3 is 0 Å². The lowest BCUT2D eigenvalue weighted by molar-refractivity contribution is -0.427. The minimum atomic E-state index is -0.347. The van der Waals surface area contributed by atoms with Crippen LogP contribution in [-0.4, -0.2) is 17.0 Å². The number of nitrogens with two attached hydrogens (primary N) is 1. The number of nitrogens with one attached hydrogen (secondary N) is 1. The van der Waals surface area contributed by atoms with E-state index in [1.54, 1.807) is 5.01 Å². The Bertz CT molecular complexity index is 525. The quantitative estimate of drug-likeness (QED) is 0.633. The molecule has 0 saturated carbocycles. The van der Waals surface area contributed by atoms with Crippen LogP contribution >= 0.6 is 0 Å². The first-order valence-corrected chi connectivity index (χ1v) is 6.13. The summed E-state index contributed by atoms with van der Waals surface area (Å²) in [6.45, 7) is 4.32. The Morgan fingerprint density at radius 2 is 2.16 bits per heavy atom. The van der Waals surface area contributed by atoms with E-state index in [0.717, 1.165) is 11.3 Å². The number of anilines is 1. The van der Waals surface area contributed by atoms with E-state index in [0.29, 0.717) is 13.0 Å². The van der Waals surface area contributed by atoms with Gasteiger partial charge in [-0.05, 0) is 25.5 Å². The number of benzene rings is 1. The van der Waals surface area contributed by atoms with E-state index >= 15 is 0 Å². The number of allylic oxidation sites excluding steroid dienone is 1. The molecule has 6 nitrogen and oxygen atoms in total. The highest BCUT2D eigenvalue weighted by molar-refractivity contribution is 5.58. The van der Waals surface area contributed by atoms with Gasteiger partial charge in [0.15, 0.2) is 0 Å². The van der Waals surface area contributed by atoms with Gasteiger partial charge in [-0.3, -0.25) is 15.1 Å². The molecule has 1 aromatic carbocycles. The molecular formula is C13H18N4O2.